The highest BCUT2D eigenvalue weighted by molar-refractivity contribution is 9.10. The fourth-order valence-corrected chi connectivity index (χ4v) is 2.94. The highest BCUT2D eigenvalue weighted by atomic mass is 79.9. The zero-order valence-corrected chi connectivity index (χ0v) is 14.1. The number of nitrogens with one attached hydrogen (secondary N) is 1. The van der Waals surface area contributed by atoms with Crippen LogP contribution in [0.15, 0.2) is 27.6 Å². The molecule has 114 valence electrons. The Balaban J connectivity index is 1.99. The third kappa shape index (κ3) is 4.21. The second kappa shape index (κ2) is 7.29. The third-order valence-electron chi connectivity index (χ3n) is 3.25. The number of halogens is 1. The van der Waals surface area contributed by atoms with Crippen LogP contribution in [0.1, 0.15) is 17.3 Å². The number of carbonyl (C=O) groups excluding carboxylic acids is 2. The van der Waals surface area contributed by atoms with Gasteiger partial charge in [-0.05, 0) is 25.1 Å². The molecule has 1 N–H and O–H groups in total. The average molecular weight is 373 g/mol. The number of hydrogen-bond acceptors (Lipinski definition) is 4. The van der Waals surface area contributed by atoms with Gasteiger partial charge in [-0.15, -0.1) is 12.6 Å². The van der Waals surface area contributed by atoms with Crippen molar-refractivity contribution < 1.29 is 14.3 Å². The number of nitrogens with zero attached hydrogens (tertiary/aromatic N) is 1. The van der Waals surface area contributed by atoms with Crippen LogP contribution in [0.2, 0.25) is 0 Å². The summed E-state index contributed by atoms with van der Waals surface area (Å²) in [5.41, 5.74) is 0.447. The molecular formula is C14H17BrN2O3S. The van der Waals surface area contributed by atoms with Crippen LogP contribution in [0.3, 0.4) is 0 Å². The predicted molar refractivity (Wildman–Crippen MR) is 85.7 cm³/mol. The van der Waals surface area contributed by atoms with E-state index in [4.69, 9.17) is 4.74 Å². The molecule has 1 aliphatic rings. The summed E-state index contributed by atoms with van der Waals surface area (Å²) in [4.78, 5) is 26.7. The number of thiol groups is 1. The van der Waals surface area contributed by atoms with Gasteiger partial charge in [0.05, 0.1) is 18.8 Å². The van der Waals surface area contributed by atoms with Gasteiger partial charge in [0.25, 0.3) is 5.91 Å². The van der Waals surface area contributed by atoms with E-state index in [1.54, 1.807) is 30.0 Å². The van der Waals surface area contributed by atoms with Crippen LogP contribution in [0, 0.1) is 0 Å². The maximum Gasteiger partial charge on any atom is 0.253 e. The van der Waals surface area contributed by atoms with Gasteiger partial charge in [0, 0.05) is 22.5 Å². The lowest BCUT2D eigenvalue weighted by Gasteiger charge is -2.29. The number of rotatable bonds is 3. The maximum absolute atomic E-state index is 12.2. The standard InChI is InChI=1S/C14H17BrN2O3S/c1-9(14(19)17-4-6-20-7-5-17)16-13(18)11-3-2-10(15)8-12(11)21/h2-3,8-9,21H,4-7H2,1H3,(H,16,18). The van der Waals surface area contributed by atoms with Gasteiger partial charge in [0.1, 0.15) is 6.04 Å². The van der Waals surface area contributed by atoms with E-state index in [0.29, 0.717) is 36.8 Å². The molecule has 1 saturated heterocycles. The fourth-order valence-electron chi connectivity index (χ4n) is 2.09. The molecule has 1 fully saturated rings. The van der Waals surface area contributed by atoms with E-state index >= 15 is 0 Å². The fraction of sp³-hybridized carbons (Fsp3) is 0.429. The van der Waals surface area contributed by atoms with Crippen molar-refractivity contribution in [2.75, 3.05) is 26.3 Å². The smallest absolute Gasteiger partial charge is 0.253 e. The Morgan fingerprint density at radius 1 is 1.38 bits per heavy atom. The first-order valence-electron chi connectivity index (χ1n) is 6.65. The van der Waals surface area contributed by atoms with Gasteiger partial charge in [-0.3, -0.25) is 9.59 Å². The minimum absolute atomic E-state index is 0.0931. The Hall–Kier alpha value is -1.05. The number of hydrogen-bond donors (Lipinski definition) is 2. The summed E-state index contributed by atoms with van der Waals surface area (Å²) in [6, 6.07) is 4.61. The minimum atomic E-state index is -0.577. The van der Waals surface area contributed by atoms with Crippen molar-refractivity contribution in [3.63, 3.8) is 0 Å². The van der Waals surface area contributed by atoms with Gasteiger partial charge in [-0.2, -0.15) is 0 Å². The van der Waals surface area contributed by atoms with Crippen molar-refractivity contribution >= 4 is 40.4 Å². The lowest BCUT2D eigenvalue weighted by atomic mass is 10.2. The number of carbonyl (C=O) groups is 2. The van der Waals surface area contributed by atoms with Crippen molar-refractivity contribution in [1.29, 1.82) is 0 Å². The lowest BCUT2D eigenvalue weighted by Crippen LogP contribution is -2.50. The van der Waals surface area contributed by atoms with Gasteiger partial charge in [0.2, 0.25) is 5.91 Å². The average Bonchev–Trinajstić information content (AvgIpc) is 2.47. The minimum Gasteiger partial charge on any atom is -0.378 e. The van der Waals surface area contributed by atoms with E-state index in [1.165, 1.54) is 0 Å². The number of benzene rings is 1. The Morgan fingerprint density at radius 2 is 2.05 bits per heavy atom. The van der Waals surface area contributed by atoms with E-state index in [2.05, 4.69) is 33.9 Å². The van der Waals surface area contributed by atoms with Crippen LogP contribution in [-0.2, 0) is 9.53 Å². The zero-order valence-electron chi connectivity index (χ0n) is 11.6. The van der Waals surface area contributed by atoms with Gasteiger partial charge < -0.3 is 15.0 Å². The van der Waals surface area contributed by atoms with E-state index in [-0.39, 0.29) is 11.8 Å². The molecular weight excluding hydrogens is 356 g/mol. The quantitative estimate of drug-likeness (QED) is 0.794. The second-order valence-electron chi connectivity index (χ2n) is 4.79. The Labute approximate surface area is 137 Å². The van der Waals surface area contributed by atoms with Crippen LogP contribution in [0.25, 0.3) is 0 Å². The van der Waals surface area contributed by atoms with E-state index in [0.717, 1.165) is 4.47 Å². The normalized spacial score (nSPS) is 16.4. The molecule has 2 amide bonds. The third-order valence-corrected chi connectivity index (χ3v) is 4.11. The van der Waals surface area contributed by atoms with Crippen LogP contribution in [0.5, 0.6) is 0 Å². The van der Waals surface area contributed by atoms with E-state index in [1.807, 2.05) is 0 Å². The molecule has 1 aliphatic heterocycles. The van der Waals surface area contributed by atoms with Gasteiger partial charge in [0.15, 0.2) is 0 Å². The SMILES string of the molecule is CC(NC(=O)c1ccc(Br)cc1S)C(=O)N1CCOCC1. The van der Waals surface area contributed by atoms with Crippen LogP contribution in [0.4, 0.5) is 0 Å². The molecule has 5 nitrogen and oxygen atoms in total. The summed E-state index contributed by atoms with van der Waals surface area (Å²) in [5, 5.41) is 2.72. The molecule has 0 radical (unpaired) electrons. The molecule has 0 spiro atoms. The van der Waals surface area contributed by atoms with Crippen molar-refractivity contribution in [3.8, 4) is 0 Å². The highest BCUT2D eigenvalue weighted by Crippen LogP contribution is 2.19. The molecule has 21 heavy (non-hydrogen) atoms. The largest absolute Gasteiger partial charge is 0.378 e. The molecule has 1 aromatic carbocycles. The van der Waals surface area contributed by atoms with E-state index in [9.17, 15) is 9.59 Å². The molecule has 2 rings (SSSR count). The summed E-state index contributed by atoms with van der Waals surface area (Å²) in [6.07, 6.45) is 0. The Bertz CT molecular complexity index is 547. The molecule has 1 atom stereocenters. The zero-order chi connectivity index (χ0) is 15.4. The second-order valence-corrected chi connectivity index (χ2v) is 6.19. The first-order valence-corrected chi connectivity index (χ1v) is 7.89. The topological polar surface area (TPSA) is 58.6 Å². The summed E-state index contributed by atoms with van der Waals surface area (Å²) in [6.45, 7) is 3.90. The van der Waals surface area contributed by atoms with Crippen LogP contribution >= 0.6 is 28.6 Å². The molecule has 0 aromatic heterocycles. The summed E-state index contributed by atoms with van der Waals surface area (Å²) in [7, 11) is 0. The Kier molecular flexibility index (Phi) is 5.66. The van der Waals surface area contributed by atoms with Gasteiger partial charge in [-0.1, -0.05) is 15.9 Å². The summed E-state index contributed by atoms with van der Waals surface area (Å²) in [5.74, 6) is -0.397. The molecule has 7 heteroatoms. The van der Waals surface area contributed by atoms with Crippen molar-refractivity contribution in [1.82, 2.24) is 10.2 Å². The molecule has 0 saturated carbocycles. The van der Waals surface area contributed by atoms with Gasteiger partial charge in [-0.25, -0.2) is 0 Å². The molecule has 1 unspecified atom stereocenters. The predicted octanol–water partition coefficient (Wildman–Crippen LogP) is 1.71. The van der Waals surface area contributed by atoms with Crippen LogP contribution < -0.4 is 5.32 Å². The number of amides is 2. The number of ether oxygens (including phenoxy) is 1. The first kappa shape index (κ1) is 16.3. The first-order chi connectivity index (χ1) is 9.99. The highest BCUT2D eigenvalue weighted by Gasteiger charge is 2.24. The molecule has 0 bridgehead atoms. The van der Waals surface area contributed by atoms with Crippen molar-refractivity contribution in [2.24, 2.45) is 0 Å². The Morgan fingerprint density at radius 3 is 2.67 bits per heavy atom. The molecule has 1 aromatic rings. The van der Waals surface area contributed by atoms with Gasteiger partial charge >= 0.3 is 0 Å². The molecule has 0 aliphatic carbocycles. The molecule has 1 heterocycles. The lowest BCUT2D eigenvalue weighted by molar-refractivity contribution is -0.136. The van der Waals surface area contributed by atoms with E-state index < -0.39 is 6.04 Å². The van der Waals surface area contributed by atoms with Crippen molar-refractivity contribution in [2.45, 2.75) is 17.9 Å². The summed E-state index contributed by atoms with van der Waals surface area (Å²) >= 11 is 7.60. The monoisotopic (exact) mass is 372 g/mol. The van der Waals surface area contributed by atoms with Crippen molar-refractivity contribution in [3.05, 3.63) is 28.2 Å². The summed E-state index contributed by atoms with van der Waals surface area (Å²) < 4.78 is 6.06. The number of morpholine rings is 1. The van der Waals surface area contributed by atoms with Crippen LogP contribution in [-0.4, -0.2) is 49.1 Å². The maximum atomic E-state index is 12.2.